The number of hydrogen-bond acceptors (Lipinski definition) is 7. The minimum Gasteiger partial charge on any atom is -0.507 e. The average molecular weight is 393 g/mol. The van der Waals surface area contributed by atoms with Gasteiger partial charge >= 0.3 is 5.97 Å². The summed E-state index contributed by atoms with van der Waals surface area (Å²) < 4.78 is 6.68. The van der Waals surface area contributed by atoms with E-state index in [9.17, 15) is 9.90 Å². The Kier molecular flexibility index (Phi) is 5.29. The van der Waals surface area contributed by atoms with Crippen molar-refractivity contribution >= 4 is 35.5 Å². The molecule has 2 heterocycles. The van der Waals surface area contributed by atoms with E-state index < -0.39 is 5.97 Å². The number of aryl methyl sites for hydroxylation is 1. The van der Waals surface area contributed by atoms with E-state index in [2.05, 4.69) is 15.3 Å². The number of carboxylic acids is 1. The van der Waals surface area contributed by atoms with Crippen LogP contribution in [0.2, 0.25) is 5.02 Å². The lowest BCUT2D eigenvalue weighted by molar-refractivity contribution is -0.133. The minimum absolute atomic E-state index is 0.00649. The number of furan rings is 1. The molecule has 0 saturated heterocycles. The van der Waals surface area contributed by atoms with Gasteiger partial charge in [0.2, 0.25) is 5.16 Å². The van der Waals surface area contributed by atoms with Gasteiger partial charge in [0.1, 0.15) is 11.5 Å². The van der Waals surface area contributed by atoms with Crippen LogP contribution in [0, 0.1) is 6.92 Å². The summed E-state index contributed by atoms with van der Waals surface area (Å²) in [5.74, 6) is -0.161. The van der Waals surface area contributed by atoms with Gasteiger partial charge in [-0.05, 0) is 31.2 Å². The van der Waals surface area contributed by atoms with Crippen LogP contribution in [0.15, 0.2) is 45.2 Å². The number of aliphatic carboxylic acids is 1. The number of rotatable bonds is 6. The summed E-state index contributed by atoms with van der Waals surface area (Å²) in [5.41, 5.74) is 1.07. The van der Waals surface area contributed by atoms with Crippen LogP contribution < -0.4 is 0 Å². The third-order valence-corrected chi connectivity index (χ3v) is 4.48. The monoisotopic (exact) mass is 392 g/mol. The lowest BCUT2D eigenvalue weighted by atomic mass is 10.2. The van der Waals surface area contributed by atoms with Gasteiger partial charge in [0.05, 0.1) is 23.8 Å². The second kappa shape index (κ2) is 7.63. The van der Waals surface area contributed by atoms with Gasteiger partial charge in [-0.3, -0.25) is 4.79 Å². The van der Waals surface area contributed by atoms with Gasteiger partial charge < -0.3 is 14.6 Å². The highest BCUT2D eigenvalue weighted by molar-refractivity contribution is 7.99. The van der Waals surface area contributed by atoms with E-state index in [4.69, 9.17) is 21.1 Å². The summed E-state index contributed by atoms with van der Waals surface area (Å²) in [7, 11) is 0. The standard InChI is InChI=1S/C16H13ClN4O4S/c1-9-12(4-5-25-9)15-19-20-16(26-8-14(23)24)21(15)18-7-10-6-11(17)2-3-13(10)22/h2-7,22H,8H2,1H3,(H,23,24)/b18-7+. The Morgan fingerprint density at radius 1 is 1.42 bits per heavy atom. The number of benzene rings is 1. The van der Waals surface area contributed by atoms with E-state index in [1.807, 2.05) is 0 Å². The van der Waals surface area contributed by atoms with Crippen molar-refractivity contribution in [1.29, 1.82) is 0 Å². The smallest absolute Gasteiger partial charge is 0.313 e. The first-order chi connectivity index (χ1) is 12.5. The number of phenolic OH excluding ortho intramolecular Hbond substituents is 1. The molecule has 0 bridgehead atoms. The SMILES string of the molecule is Cc1occc1-c1nnc(SCC(=O)O)n1/N=C/c1cc(Cl)ccc1O. The van der Waals surface area contributed by atoms with Crippen LogP contribution in [0.4, 0.5) is 0 Å². The van der Waals surface area contributed by atoms with Crippen LogP contribution in [0.1, 0.15) is 11.3 Å². The molecule has 134 valence electrons. The van der Waals surface area contributed by atoms with Gasteiger partial charge in [0.15, 0.2) is 5.82 Å². The molecule has 0 aliphatic heterocycles. The first-order valence-electron chi connectivity index (χ1n) is 7.33. The van der Waals surface area contributed by atoms with E-state index in [0.717, 1.165) is 11.8 Å². The normalized spacial score (nSPS) is 11.3. The van der Waals surface area contributed by atoms with Crippen molar-refractivity contribution in [3.05, 3.63) is 46.9 Å². The number of carboxylic acid groups (broad SMARTS) is 1. The molecule has 2 N–H and O–H groups in total. The van der Waals surface area contributed by atoms with Crippen LogP contribution in [0.25, 0.3) is 11.4 Å². The third-order valence-electron chi connectivity index (χ3n) is 3.34. The van der Waals surface area contributed by atoms with Gasteiger partial charge in [-0.1, -0.05) is 23.4 Å². The number of aromatic nitrogens is 3. The molecule has 0 aliphatic carbocycles. The maximum absolute atomic E-state index is 10.9. The fourth-order valence-electron chi connectivity index (χ4n) is 2.12. The molecule has 0 aliphatic rings. The molecular weight excluding hydrogens is 380 g/mol. The molecule has 8 nitrogen and oxygen atoms in total. The van der Waals surface area contributed by atoms with Gasteiger partial charge in [-0.25, -0.2) is 0 Å². The largest absolute Gasteiger partial charge is 0.507 e. The average Bonchev–Trinajstić information content (AvgIpc) is 3.19. The number of thioether (sulfide) groups is 1. The number of hydrogen-bond donors (Lipinski definition) is 2. The molecule has 0 spiro atoms. The summed E-state index contributed by atoms with van der Waals surface area (Å²) in [6.45, 7) is 1.77. The Bertz CT molecular complexity index is 983. The molecule has 0 atom stereocenters. The lowest BCUT2D eigenvalue weighted by Crippen LogP contribution is -2.01. The molecule has 2 aromatic heterocycles. The number of nitrogens with zero attached hydrogens (tertiary/aromatic N) is 4. The molecular formula is C16H13ClN4O4S. The topological polar surface area (TPSA) is 114 Å². The summed E-state index contributed by atoms with van der Waals surface area (Å²) in [5, 5.41) is 31.9. The quantitative estimate of drug-likeness (QED) is 0.488. The number of phenols is 1. The molecule has 3 rings (SSSR count). The van der Waals surface area contributed by atoms with E-state index >= 15 is 0 Å². The highest BCUT2D eigenvalue weighted by Crippen LogP contribution is 2.27. The Morgan fingerprint density at radius 2 is 2.23 bits per heavy atom. The fourth-order valence-corrected chi connectivity index (χ4v) is 2.91. The van der Waals surface area contributed by atoms with Gasteiger partial charge in [-0.15, -0.1) is 10.2 Å². The van der Waals surface area contributed by atoms with Crippen molar-refractivity contribution in [3.63, 3.8) is 0 Å². The lowest BCUT2D eigenvalue weighted by Gasteiger charge is -2.04. The Balaban J connectivity index is 2.03. The molecule has 26 heavy (non-hydrogen) atoms. The maximum Gasteiger partial charge on any atom is 0.313 e. The molecule has 10 heteroatoms. The summed E-state index contributed by atoms with van der Waals surface area (Å²) >= 11 is 6.92. The molecule has 0 amide bonds. The summed E-state index contributed by atoms with van der Waals surface area (Å²) in [6, 6.07) is 6.28. The maximum atomic E-state index is 10.9. The molecule has 1 aromatic carbocycles. The third kappa shape index (κ3) is 3.89. The Labute approximate surface area is 157 Å². The van der Waals surface area contributed by atoms with Crippen molar-refractivity contribution in [2.24, 2.45) is 5.10 Å². The van der Waals surface area contributed by atoms with Gasteiger partial charge in [-0.2, -0.15) is 9.78 Å². The molecule has 0 saturated carbocycles. The Hall–Kier alpha value is -2.78. The number of carbonyl (C=O) groups is 1. The zero-order valence-electron chi connectivity index (χ0n) is 13.5. The highest BCUT2D eigenvalue weighted by Gasteiger charge is 2.18. The molecule has 0 unspecified atom stereocenters. The van der Waals surface area contributed by atoms with Crippen molar-refractivity contribution in [2.45, 2.75) is 12.1 Å². The first-order valence-corrected chi connectivity index (χ1v) is 8.69. The van der Waals surface area contributed by atoms with Crippen LogP contribution in [0.3, 0.4) is 0 Å². The van der Waals surface area contributed by atoms with Gasteiger partial charge in [0, 0.05) is 10.6 Å². The molecule has 0 radical (unpaired) electrons. The molecule has 3 aromatic rings. The van der Waals surface area contributed by atoms with Crippen LogP contribution in [-0.4, -0.2) is 43.0 Å². The fraction of sp³-hybridized carbons (Fsp3) is 0.125. The summed E-state index contributed by atoms with van der Waals surface area (Å²) in [4.78, 5) is 10.9. The second-order valence-electron chi connectivity index (χ2n) is 5.14. The predicted octanol–water partition coefficient (Wildman–Crippen LogP) is 3.26. The minimum atomic E-state index is -0.984. The Morgan fingerprint density at radius 3 is 2.92 bits per heavy atom. The van der Waals surface area contributed by atoms with E-state index in [1.54, 1.807) is 25.1 Å². The van der Waals surface area contributed by atoms with Gasteiger partial charge in [0.25, 0.3) is 0 Å². The predicted molar refractivity (Wildman–Crippen MR) is 96.9 cm³/mol. The van der Waals surface area contributed by atoms with Crippen LogP contribution in [-0.2, 0) is 4.79 Å². The van der Waals surface area contributed by atoms with E-state index in [-0.39, 0.29) is 11.5 Å². The van der Waals surface area contributed by atoms with Crippen molar-refractivity contribution in [1.82, 2.24) is 14.9 Å². The zero-order valence-corrected chi connectivity index (χ0v) is 15.0. The molecule has 0 fully saturated rings. The highest BCUT2D eigenvalue weighted by atomic mass is 35.5. The number of aromatic hydroxyl groups is 1. The van der Waals surface area contributed by atoms with E-state index in [1.165, 1.54) is 23.2 Å². The van der Waals surface area contributed by atoms with Crippen molar-refractivity contribution in [2.75, 3.05) is 5.75 Å². The van der Waals surface area contributed by atoms with Crippen LogP contribution >= 0.6 is 23.4 Å². The van der Waals surface area contributed by atoms with Crippen molar-refractivity contribution in [3.8, 4) is 17.1 Å². The van der Waals surface area contributed by atoms with Crippen molar-refractivity contribution < 1.29 is 19.4 Å². The van der Waals surface area contributed by atoms with E-state index in [0.29, 0.717) is 32.9 Å². The first kappa shape index (κ1) is 18.0. The number of halogens is 1. The second-order valence-corrected chi connectivity index (χ2v) is 6.52. The zero-order chi connectivity index (χ0) is 18.7. The van der Waals surface area contributed by atoms with Crippen LogP contribution in [0.5, 0.6) is 5.75 Å². The summed E-state index contributed by atoms with van der Waals surface area (Å²) in [6.07, 6.45) is 2.91.